The molecule has 0 aromatic carbocycles. The maximum Gasteiger partial charge on any atom is 0.0578 e. The van der Waals surface area contributed by atoms with Crippen LogP contribution in [0, 0.1) is 5.92 Å². The first kappa shape index (κ1) is 20.2. The van der Waals surface area contributed by atoms with Crippen LogP contribution in [-0.2, 0) is 4.74 Å². The quantitative estimate of drug-likeness (QED) is 0.677. The van der Waals surface area contributed by atoms with E-state index in [-0.39, 0.29) is 0 Å². The highest BCUT2D eigenvalue weighted by molar-refractivity contribution is 4.91. The Morgan fingerprint density at radius 1 is 1.00 bits per heavy atom. The summed E-state index contributed by atoms with van der Waals surface area (Å²) in [7, 11) is 0. The highest BCUT2D eigenvalue weighted by Crippen LogP contribution is 2.30. The van der Waals surface area contributed by atoms with Crippen LogP contribution in [0.2, 0.25) is 0 Å². The lowest BCUT2D eigenvalue weighted by Crippen LogP contribution is -2.61. The zero-order chi connectivity index (χ0) is 17.7. The minimum Gasteiger partial charge on any atom is -0.376 e. The van der Waals surface area contributed by atoms with E-state index in [0.717, 1.165) is 5.92 Å². The molecule has 0 aromatic rings. The molecule has 2 rings (SSSR count). The molecule has 1 saturated heterocycles. The summed E-state index contributed by atoms with van der Waals surface area (Å²) in [6, 6.07) is 0.658. The second kappa shape index (κ2) is 9.00. The zero-order valence-corrected chi connectivity index (χ0v) is 17.2. The molecule has 24 heavy (non-hydrogen) atoms. The highest BCUT2D eigenvalue weighted by Gasteiger charge is 2.34. The molecule has 1 saturated carbocycles. The molecule has 0 bridgehead atoms. The molecule has 0 unspecified atom stereocenters. The summed E-state index contributed by atoms with van der Waals surface area (Å²) in [6.45, 7) is 18.8. The number of ether oxygens (including phenoxy) is 1. The van der Waals surface area contributed by atoms with E-state index >= 15 is 0 Å². The van der Waals surface area contributed by atoms with Gasteiger partial charge in [-0.1, -0.05) is 0 Å². The summed E-state index contributed by atoms with van der Waals surface area (Å²) in [4.78, 5) is 5.37. The van der Waals surface area contributed by atoms with Crippen molar-refractivity contribution in [2.75, 3.05) is 26.2 Å². The molecule has 0 radical (unpaired) electrons. The molecule has 0 atom stereocenters. The lowest BCUT2D eigenvalue weighted by molar-refractivity contribution is -0.0214. The van der Waals surface area contributed by atoms with E-state index in [0.29, 0.717) is 23.8 Å². The SMILES string of the molecule is CC(C)O[C@H]1CC[C@H](CCCN2CCN(C(C)C)C(C)(C)C2)CC1. The van der Waals surface area contributed by atoms with E-state index in [1.807, 2.05) is 0 Å². The van der Waals surface area contributed by atoms with E-state index < -0.39 is 0 Å². The lowest BCUT2D eigenvalue weighted by atomic mass is 9.84. The third-order valence-corrected chi connectivity index (χ3v) is 6.01. The first-order valence-electron chi connectivity index (χ1n) is 10.4. The van der Waals surface area contributed by atoms with Crippen LogP contribution in [0.15, 0.2) is 0 Å². The molecule has 0 N–H and O–H groups in total. The number of nitrogens with zero attached hydrogens (tertiary/aromatic N) is 2. The fourth-order valence-electron chi connectivity index (χ4n) is 4.96. The Morgan fingerprint density at radius 3 is 2.21 bits per heavy atom. The molecule has 3 nitrogen and oxygen atoms in total. The fourth-order valence-corrected chi connectivity index (χ4v) is 4.96. The van der Waals surface area contributed by atoms with Crippen molar-refractivity contribution in [2.45, 2.75) is 104 Å². The first-order valence-corrected chi connectivity index (χ1v) is 10.4. The van der Waals surface area contributed by atoms with Gasteiger partial charge in [-0.2, -0.15) is 0 Å². The lowest BCUT2D eigenvalue weighted by Gasteiger charge is -2.49. The number of piperazine rings is 1. The van der Waals surface area contributed by atoms with Gasteiger partial charge >= 0.3 is 0 Å². The maximum absolute atomic E-state index is 5.98. The summed E-state index contributed by atoms with van der Waals surface area (Å²) in [5.74, 6) is 0.946. The average molecular weight is 339 g/mol. The van der Waals surface area contributed by atoms with E-state index in [1.165, 1.54) is 64.7 Å². The predicted molar refractivity (Wildman–Crippen MR) is 104 cm³/mol. The van der Waals surface area contributed by atoms with Crippen molar-refractivity contribution >= 4 is 0 Å². The topological polar surface area (TPSA) is 15.7 Å². The molecule has 142 valence electrons. The number of hydrogen-bond acceptors (Lipinski definition) is 3. The van der Waals surface area contributed by atoms with E-state index in [9.17, 15) is 0 Å². The van der Waals surface area contributed by atoms with Gasteiger partial charge in [-0.25, -0.2) is 0 Å². The van der Waals surface area contributed by atoms with Crippen molar-refractivity contribution in [1.29, 1.82) is 0 Å². The molecule has 1 aliphatic heterocycles. The maximum atomic E-state index is 5.98. The van der Waals surface area contributed by atoms with Crippen LogP contribution < -0.4 is 0 Å². The van der Waals surface area contributed by atoms with Crippen molar-refractivity contribution in [3.8, 4) is 0 Å². The Balaban J connectivity index is 1.63. The minimum absolute atomic E-state index is 0.318. The predicted octanol–water partition coefficient (Wildman–Crippen LogP) is 4.56. The molecule has 3 heteroatoms. The molecular formula is C21H42N2O. The van der Waals surface area contributed by atoms with Crippen molar-refractivity contribution in [2.24, 2.45) is 5.92 Å². The zero-order valence-electron chi connectivity index (χ0n) is 17.2. The largest absolute Gasteiger partial charge is 0.376 e. The van der Waals surface area contributed by atoms with Crippen molar-refractivity contribution < 1.29 is 4.74 Å². The summed E-state index contributed by atoms with van der Waals surface area (Å²) in [5.41, 5.74) is 0.318. The van der Waals surface area contributed by atoms with Crippen LogP contribution in [0.3, 0.4) is 0 Å². The molecule has 2 aliphatic rings. The second-order valence-corrected chi connectivity index (χ2v) is 9.35. The van der Waals surface area contributed by atoms with Crippen LogP contribution in [0.1, 0.15) is 80.1 Å². The van der Waals surface area contributed by atoms with Crippen LogP contribution in [0.25, 0.3) is 0 Å². The Kier molecular flexibility index (Phi) is 7.58. The van der Waals surface area contributed by atoms with Gasteiger partial charge in [-0.15, -0.1) is 0 Å². The number of hydrogen-bond donors (Lipinski definition) is 0. The van der Waals surface area contributed by atoms with Crippen LogP contribution in [0.4, 0.5) is 0 Å². The Morgan fingerprint density at radius 2 is 1.67 bits per heavy atom. The van der Waals surface area contributed by atoms with E-state index in [2.05, 4.69) is 51.3 Å². The van der Waals surface area contributed by atoms with Gasteiger partial charge in [0, 0.05) is 31.2 Å². The molecule has 0 spiro atoms. The Hall–Kier alpha value is -0.120. The third-order valence-electron chi connectivity index (χ3n) is 6.01. The average Bonchev–Trinajstić information content (AvgIpc) is 2.47. The van der Waals surface area contributed by atoms with E-state index in [1.54, 1.807) is 0 Å². The Bertz CT molecular complexity index is 359. The van der Waals surface area contributed by atoms with E-state index in [4.69, 9.17) is 4.74 Å². The molecule has 0 amide bonds. The summed E-state index contributed by atoms with van der Waals surface area (Å²) < 4.78 is 5.98. The van der Waals surface area contributed by atoms with Crippen molar-refractivity contribution in [1.82, 2.24) is 9.80 Å². The van der Waals surface area contributed by atoms with Crippen LogP contribution in [0.5, 0.6) is 0 Å². The molecule has 1 aliphatic carbocycles. The van der Waals surface area contributed by atoms with Gasteiger partial charge in [-0.3, -0.25) is 4.90 Å². The van der Waals surface area contributed by atoms with Gasteiger partial charge in [0.25, 0.3) is 0 Å². The van der Waals surface area contributed by atoms with Crippen molar-refractivity contribution in [3.63, 3.8) is 0 Å². The minimum atomic E-state index is 0.318. The van der Waals surface area contributed by atoms with Crippen LogP contribution >= 0.6 is 0 Å². The molecule has 0 aromatic heterocycles. The van der Waals surface area contributed by atoms with Gasteiger partial charge in [-0.05, 0) is 92.5 Å². The van der Waals surface area contributed by atoms with Crippen molar-refractivity contribution in [3.05, 3.63) is 0 Å². The molecule has 1 heterocycles. The fraction of sp³-hybridized carbons (Fsp3) is 1.00. The van der Waals surface area contributed by atoms with Crippen LogP contribution in [-0.4, -0.2) is 59.8 Å². The number of rotatable bonds is 7. The Labute approximate surface area is 151 Å². The molecular weight excluding hydrogens is 296 g/mol. The van der Waals surface area contributed by atoms with Gasteiger partial charge in [0.05, 0.1) is 12.2 Å². The third kappa shape index (κ3) is 6.00. The van der Waals surface area contributed by atoms with Gasteiger partial charge in [0.15, 0.2) is 0 Å². The standard InChI is InChI=1S/C21H42N2O/c1-17(2)23-15-14-22(16-21(23,5)6)13-7-8-19-9-11-20(12-10-19)24-18(3)4/h17-20H,7-16H2,1-6H3/t19-,20-. The summed E-state index contributed by atoms with van der Waals surface area (Å²) in [5, 5.41) is 0. The summed E-state index contributed by atoms with van der Waals surface area (Å²) in [6.07, 6.45) is 9.03. The van der Waals surface area contributed by atoms with Gasteiger partial charge in [0.2, 0.25) is 0 Å². The smallest absolute Gasteiger partial charge is 0.0578 e. The highest BCUT2D eigenvalue weighted by atomic mass is 16.5. The first-order chi connectivity index (χ1) is 11.3. The monoisotopic (exact) mass is 338 g/mol. The summed E-state index contributed by atoms with van der Waals surface area (Å²) >= 11 is 0. The van der Waals surface area contributed by atoms with Gasteiger partial charge < -0.3 is 9.64 Å². The normalized spacial score (nSPS) is 29.5. The second-order valence-electron chi connectivity index (χ2n) is 9.35. The molecule has 2 fully saturated rings. The van der Waals surface area contributed by atoms with Gasteiger partial charge in [0.1, 0.15) is 0 Å².